The maximum Gasteiger partial charge on any atom is 0.185 e. The molecule has 1 aromatic heterocycles. The van der Waals surface area contributed by atoms with Crippen LogP contribution in [0.25, 0.3) is 0 Å². The Morgan fingerprint density at radius 1 is 1.33 bits per heavy atom. The molecular formula is C14H27N3S. The van der Waals surface area contributed by atoms with E-state index < -0.39 is 0 Å². The van der Waals surface area contributed by atoms with Gasteiger partial charge in [0.1, 0.15) is 0 Å². The highest BCUT2D eigenvalue weighted by atomic mass is 32.1. The number of nitrogens with zero attached hydrogens (tertiary/aromatic N) is 2. The van der Waals surface area contributed by atoms with E-state index in [9.17, 15) is 0 Å². The number of hydrogen-bond acceptors (Lipinski definition) is 4. The van der Waals surface area contributed by atoms with Gasteiger partial charge in [-0.3, -0.25) is 0 Å². The zero-order valence-corrected chi connectivity index (χ0v) is 13.2. The van der Waals surface area contributed by atoms with E-state index in [-0.39, 0.29) is 0 Å². The summed E-state index contributed by atoms with van der Waals surface area (Å²) in [6.07, 6.45) is 1.16. The van der Waals surface area contributed by atoms with E-state index in [2.05, 4.69) is 50.2 Å². The molecule has 0 amide bonds. The van der Waals surface area contributed by atoms with E-state index in [1.54, 1.807) is 11.3 Å². The molecule has 18 heavy (non-hydrogen) atoms. The van der Waals surface area contributed by atoms with Crippen LogP contribution in [-0.4, -0.2) is 24.1 Å². The van der Waals surface area contributed by atoms with Gasteiger partial charge >= 0.3 is 0 Å². The van der Waals surface area contributed by atoms with Gasteiger partial charge in [-0.1, -0.05) is 20.8 Å². The molecule has 1 N–H and O–H groups in total. The minimum Gasteiger partial charge on any atom is -0.346 e. The SMILES string of the molecule is CCC(C)N(CC)c1nc(CNCC(C)C)cs1. The van der Waals surface area contributed by atoms with Crippen LogP contribution in [0.3, 0.4) is 0 Å². The van der Waals surface area contributed by atoms with E-state index in [0.29, 0.717) is 12.0 Å². The van der Waals surface area contributed by atoms with Gasteiger partial charge in [0.15, 0.2) is 5.13 Å². The summed E-state index contributed by atoms with van der Waals surface area (Å²) in [5.74, 6) is 0.690. The van der Waals surface area contributed by atoms with Gasteiger partial charge in [-0.05, 0) is 32.7 Å². The van der Waals surface area contributed by atoms with Crippen LogP contribution < -0.4 is 10.2 Å². The first-order chi connectivity index (χ1) is 8.58. The predicted molar refractivity (Wildman–Crippen MR) is 81.4 cm³/mol. The third-order valence-electron chi connectivity index (χ3n) is 3.11. The van der Waals surface area contributed by atoms with Gasteiger partial charge in [-0.2, -0.15) is 0 Å². The molecule has 3 nitrogen and oxygen atoms in total. The van der Waals surface area contributed by atoms with Crippen LogP contribution in [0.1, 0.15) is 46.7 Å². The van der Waals surface area contributed by atoms with E-state index >= 15 is 0 Å². The fourth-order valence-corrected chi connectivity index (χ4v) is 2.85. The molecule has 1 rings (SSSR count). The van der Waals surface area contributed by atoms with E-state index in [1.165, 1.54) is 0 Å². The van der Waals surface area contributed by atoms with Crippen LogP contribution in [0, 0.1) is 5.92 Å². The Kier molecular flexibility index (Phi) is 6.65. The molecule has 0 radical (unpaired) electrons. The van der Waals surface area contributed by atoms with Crippen molar-refractivity contribution < 1.29 is 0 Å². The van der Waals surface area contributed by atoms with Crippen molar-refractivity contribution in [3.63, 3.8) is 0 Å². The third kappa shape index (κ3) is 4.58. The van der Waals surface area contributed by atoms with Crippen molar-refractivity contribution in [3.8, 4) is 0 Å². The lowest BCUT2D eigenvalue weighted by molar-refractivity contribution is 0.548. The van der Waals surface area contributed by atoms with Crippen molar-refractivity contribution in [1.82, 2.24) is 10.3 Å². The molecule has 0 spiro atoms. The quantitative estimate of drug-likeness (QED) is 0.783. The molecule has 0 bridgehead atoms. The van der Waals surface area contributed by atoms with Crippen LogP contribution in [0.5, 0.6) is 0 Å². The zero-order valence-electron chi connectivity index (χ0n) is 12.4. The highest BCUT2D eigenvalue weighted by Gasteiger charge is 2.14. The van der Waals surface area contributed by atoms with Gasteiger partial charge in [-0.25, -0.2) is 4.98 Å². The van der Waals surface area contributed by atoms with Crippen molar-refractivity contribution in [3.05, 3.63) is 11.1 Å². The van der Waals surface area contributed by atoms with Gasteiger partial charge in [0.25, 0.3) is 0 Å². The van der Waals surface area contributed by atoms with Crippen molar-refractivity contribution in [2.75, 3.05) is 18.0 Å². The zero-order chi connectivity index (χ0) is 13.5. The summed E-state index contributed by atoms with van der Waals surface area (Å²) in [5.41, 5.74) is 1.16. The topological polar surface area (TPSA) is 28.2 Å². The Bertz CT molecular complexity index is 336. The second kappa shape index (κ2) is 7.74. The highest BCUT2D eigenvalue weighted by Crippen LogP contribution is 2.23. The normalized spacial score (nSPS) is 13.0. The maximum atomic E-state index is 4.73. The van der Waals surface area contributed by atoms with Crippen molar-refractivity contribution in [1.29, 1.82) is 0 Å². The standard InChI is InChI=1S/C14H27N3S/c1-6-12(5)17(7-2)14-16-13(10-18-14)9-15-8-11(3)4/h10-12,15H,6-9H2,1-5H3. The smallest absolute Gasteiger partial charge is 0.185 e. The fraction of sp³-hybridized carbons (Fsp3) is 0.786. The van der Waals surface area contributed by atoms with E-state index in [4.69, 9.17) is 4.98 Å². The molecule has 0 fully saturated rings. The third-order valence-corrected chi connectivity index (χ3v) is 4.03. The van der Waals surface area contributed by atoms with Crippen molar-refractivity contribution in [2.24, 2.45) is 5.92 Å². The van der Waals surface area contributed by atoms with Crippen LogP contribution in [0.15, 0.2) is 5.38 Å². The summed E-state index contributed by atoms with van der Waals surface area (Å²) >= 11 is 1.76. The van der Waals surface area contributed by atoms with Gasteiger partial charge in [0, 0.05) is 24.5 Å². The number of thiazole rings is 1. The lowest BCUT2D eigenvalue weighted by Gasteiger charge is -2.26. The van der Waals surface area contributed by atoms with Gasteiger partial charge < -0.3 is 10.2 Å². The summed E-state index contributed by atoms with van der Waals surface area (Å²) in [5, 5.41) is 6.77. The molecule has 0 aliphatic heterocycles. The maximum absolute atomic E-state index is 4.73. The molecule has 0 aliphatic carbocycles. The Morgan fingerprint density at radius 2 is 2.06 bits per heavy atom. The summed E-state index contributed by atoms with van der Waals surface area (Å²) in [4.78, 5) is 7.11. The van der Waals surface area contributed by atoms with Crippen LogP contribution in [0.4, 0.5) is 5.13 Å². The highest BCUT2D eigenvalue weighted by molar-refractivity contribution is 7.13. The van der Waals surface area contributed by atoms with Gasteiger partial charge in [0.2, 0.25) is 0 Å². The Balaban J connectivity index is 2.55. The monoisotopic (exact) mass is 269 g/mol. The minimum absolute atomic E-state index is 0.567. The Morgan fingerprint density at radius 3 is 2.61 bits per heavy atom. The minimum atomic E-state index is 0.567. The summed E-state index contributed by atoms with van der Waals surface area (Å²) in [6, 6.07) is 0.567. The first-order valence-corrected chi connectivity index (χ1v) is 7.88. The molecule has 0 aliphatic rings. The molecule has 1 aromatic rings. The lowest BCUT2D eigenvalue weighted by atomic mass is 10.2. The van der Waals surface area contributed by atoms with Gasteiger partial charge in [-0.15, -0.1) is 11.3 Å². The molecule has 0 saturated heterocycles. The second-order valence-electron chi connectivity index (χ2n) is 5.19. The predicted octanol–water partition coefficient (Wildman–Crippen LogP) is 3.51. The average molecular weight is 269 g/mol. The molecule has 1 unspecified atom stereocenters. The first kappa shape index (κ1) is 15.4. The number of aromatic nitrogens is 1. The van der Waals surface area contributed by atoms with Gasteiger partial charge in [0.05, 0.1) is 5.69 Å². The van der Waals surface area contributed by atoms with Crippen molar-refractivity contribution in [2.45, 2.75) is 53.6 Å². The van der Waals surface area contributed by atoms with E-state index in [0.717, 1.165) is 36.9 Å². The molecular weight excluding hydrogens is 242 g/mol. The second-order valence-corrected chi connectivity index (χ2v) is 6.03. The van der Waals surface area contributed by atoms with Crippen LogP contribution in [-0.2, 0) is 6.54 Å². The van der Waals surface area contributed by atoms with Crippen LogP contribution in [0.2, 0.25) is 0 Å². The Hall–Kier alpha value is -0.610. The first-order valence-electron chi connectivity index (χ1n) is 7.00. The summed E-state index contributed by atoms with van der Waals surface area (Å²) in [6.45, 7) is 14.1. The molecule has 0 aromatic carbocycles. The molecule has 1 heterocycles. The average Bonchev–Trinajstić information content (AvgIpc) is 2.78. The van der Waals surface area contributed by atoms with Crippen LogP contribution >= 0.6 is 11.3 Å². The Labute approximate surface area is 116 Å². The number of nitrogens with one attached hydrogen (secondary N) is 1. The summed E-state index contributed by atoms with van der Waals surface area (Å²) < 4.78 is 0. The molecule has 1 atom stereocenters. The molecule has 0 saturated carbocycles. The number of hydrogen-bond donors (Lipinski definition) is 1. The fourth-order valence-electron chi connectivity index (χ4n) is 1.85. The lowest BCUT2D eigenvalue weighted by Crippen LogP contribution is -2.32. The van der Waals surface area contributed by atoms with Crippen molar-refractivity contribution >= 4 is 16.5 Å². The van der Waals surface area contributed by atoms with E-state index in [1.807, 2.05) is 0 Å². The summed E-state index contributed by atoms with van der Waals surface area (Å²) in [7, 11) is 0. The molecule has 104 valence electrons. The number of anilines is 1. The number of rotatable bonds is 8. The largest absolute Gasteiger partial charge is 0.346 e. The molecule has 4 heteroatoms.